The molecule has 0 amide bonds. The van der Waals surface area contributed by atoms with Crippen molar-refractivity contribution in [2.45, 2.75) is 42.4 Å². The number of carbonyl (C=O) groups excluding carboxylic acids is 1. The number of unbranched alkanes of at least 4 members (excludes halogenated alkanes) is 2. The lowest BCUT2D eigenvalue weighted by Crippen LogP contribution is -2.22. The molecule has 130 valence electrons. The van der Waals surface area contributed by atoms with Crippen molar-refractivity contribution >= 4 is 34.9 Å². The van der Waals surface area contributed by atoms with Crippen LogP contribution in [0.25, 0.3) is 0 Å². The summed E-state index contributed by atoms with van der Waals surface area (Å²) >= 11 is 1.72. The van der Waals surface area contributed by atoms with E-state index in [2.05, 4.69) is 17.0 Å². The number of fused-ring (bicyclic) bond motifs is 2. The van der Waals surface area contributed by atoms with Gasteiger partial charge in [0.2, 0.25) is 0 Å². The third-order valence-corrected chi connectivity index (χ3v) is 5.43. The van der Waals surface area contributed by atoms with E-state index in [1.807, 2.05) is 30.3 Å². The first-order valence-electron chi connectivity index (χ1n) is 8.47. The van der Waals surface area contributed by atoms with E-state index in [0.29, 0.717) is 6.42 Å². The molecule has 4 nitrogen and oxygen atoms in total. The second-order valence-electron chi connectivity index (χ2n) is 6.16. The summed E-state index contributed by atoms with van der Waals surface area (Å²) in [5.41, 5.74) is 2.93. The second kappa shape index (κ2) is 7.74. The summed E-state index contributed by atoms with van der Waals surface area (Å²) in [6.45, 7) is 2.40. The number of ketones is 1. The summed E-state index contributed by atoms with van der Waals surface area (Å²) in [7, 11) is 0. The smallest absolute Gasteiger partial charge is 0.303 e. The maximum Gasteiger partial charge on any atom is 0.303 e. The maximum atomic E-state index is 11.8. The summed E-state index contributed by atoms with van der Waals surface area (Å²) < 4.78 is 0. The molecule has 1 heterocycles. The molecule has 0 atom stereocenters. The highest BCUT2D eigenvalue weighted by Gasteiger charge is 2.23. The van der Waals surface area contributed by atoms with Gasteiger partial charge in [-0.15, -0.1) is 0 Å². The van der Waals surface area contributed by atoms with Gasteiger partial charge in [0.15, 0.2) is 5.78 Å². The average Bonchev–Trinajstić information content (AvgIpc) is 2.59. The minimum atomic E-state index is -0.740. The van der Waals surface area contributed by atoms with Crippen LogP contribution in [-0.2, 0) is 4.79 Å². The van der Waals surface area contributed by atoms with Crippen LogP contribution in [0.3, 0.4) is 0 Å². The molecule has 0 aromatic heterocycles. The van der Waals surface area contributed by atoms with Gasteiger partial charge in [0.25, 0.3) is 0 Å². The summed E-state index contributed by atoms with van der Waals surface area (Å²) in [6, 6.07) is 14.1. The Bertz CT molecular complexity index is 803. The molecule has 5 heteroatoms. The van der Waals surface area contributed by atoms with Gasteiger partial charge in [-0.05, 0) is 44.0 Å². The van der Waals surface area contributed by atoms with E-state index in [0.717, 1.165) is 41.2 Å². The second-order valence-corrected chi connectivity index (χ2v) is 7.25. The first kappa shape index (κ1) is 17.5. The monoisotopic (exact) mass is 355 g/mol. The number of para-hydroxylation sites is 1. The molecule has 2 aromatic rings. The molecule has 0 aliphatic carbocycles. The maximum absolute atomic E-state index is 11.8. The predicted octanol–water partition coefficient (Wildman–Crippen LogP) is 5.14. The zero-order valence-electron chi connectivity index (χ0n) is 14.2. The van der Waals surface area contributed by atoms with Crippen LogP contribution in [0.15, 0.2) is 52.3 Å². The van der Waals surface area contributed by atoms with Crippen LogP contribution in [0, 0.1) is 0 Å². The molecule has 1 aliphatic rings. The van der Waals surface area contributed by atoms with Crippen molar-refractivity contribution in [1.29, 1.82) is 0 Å². The number of Topliss-reactive ketones (excluding diaryl/α,β-unsaturated/α-hetero) is 1. The number of benzene rings is 2. The normalized spacial score (nSPS) is 12.4. The summed E-state index contributed by atoms with van der Waals surface area (Å²) in [6.07, 6.45) is 2.70. The van der Waals surface area contributed by atoms with Crippen molar-refractivity contribution in [3.63, 3.8) is 0 Å². The predicted molar refractivity (Wildman–Crippen MR) is 100 cm³/mol. The average molecular weight is 355 g/mol. The lowest BCUT2D eigenvalue weighted by molar-refractivity contribution is -0.137. The third kappa shape index (κ3) is 4.04. The van der Waals surface area contributed by atoms with Gasteiger partial charge < -0.3 is 10.0 Å². The third-order valence-electron chi connectivity index (χ3n) is 4.30. The molecule has 3 rings (SSSR count). The summed E-state index contributed by atoms with van der Waals surface area (Å²) in [5.74, 6) is -0.677. The first-order chi connectivity index (χ1) is 12.1. The SMILES string of the molecule is CC(=O)c1ccc2c(c1)N(CCCCCC(=O)O)c1ccccc1S2. The fourth-order valence-electron chi connectivity index (χ4n) is 3.01. The molecule has 1 N–H and O–H groups in total. The van der Waals surface area contributed by atoms with Crippen LogP contribution >= 0.6 is 11.8 Å². The van der Waals surface area contributed by atoms with Gasteiger partial charge in [-0.2, -0.15) is 0 Å². The van der Waals surface area contributed by atoms with Gasteiger partial charge >= 0.3 is 5.97 Å². The molecule has 0 fully saturated rings. The number of anilines is 2. The quantitative estimate of drug-likeness (QED) is 0.551. The van der Waals surface area contributed by atoms with E-state index in [1.54, 1.807) is 18.7 Å². The van der Waals surface area contributed by atoms with Crippen molar-refractivity contribution in [3.8, 4) is 0 Å². The molecule has 0 bridgehead atoms. The van der Waals surface area contributed by atoms with Crippen LogP contribution in [0.5, 0.6) is 0 Å². The Balaban J connectivity index is 1.83. The Kier molecular flexibility index (Phi) is 5.43. The highest BCUT2D eigenvalue weighted by molar-refractivity contribution is 7.99. The van der Waals surface area contributed by atoms with Crippen molar-refractivity contribution in [2.75, 3.05) is 11.4 Å². The molecule has 0 unspecified atom stereocenters. The minimum Gasteiger partial charge on any atom is -0.481 e. The molecular weight excluding hydrogens is 334 g/mol. The number of hydrogen-bond acceptors (Lipinski definition) is 4. The first-order valence-corrected chi connectivity index (χ1v) is 9.29. The van der Waals surface area contributed by atoms with E-state index in [1.165, 1.54) is 4.90 Å². The van der Waals surface area contributed by atoms with E-state index < -0.39 is 5.97 Å². The number of carboxylic acids is 1. The molecule has 25 heavy (non-hydrogen) atoms. The minimum absolute atomic E-state index is 0.0630. The fourth-order valence-corrected chi connectivity index (χ4v) is 4.09. The van der Waals surface area contributed by atoms with Crippen molar-refractivity contribution < 1.29 is 14.7 Å². The molecule has 1 aliphatic heterocycles. The van der Waals surface area contributed by atoms with Gasteiger partial charge in [-0.1, -0.05) is 36.4 Å². The van der Waals surface area contributed by atoms with Crippen LogP contribution in [-0.4, -0.2) is 23.4 Å². The van der Waals surface area contributed by atoms with E-state index in [4.69, 9.17) is 5.11 Å². The van der Waals surface area contributed by atoms with Gasteiger partial charge in [0.1, 0.15) is 0 Å². The van der Waals surface area contributed by atoms with E-state index in [-0.39, 0.29) is 12.2 Å². The van der Waals surface area contributed by atoms with Crippen LogP contribution < -0.4 is 4.90 Å². The zero-order valence-corrected chi connectivity index (χ0v) is 15.0. The van der Waals surface area contributed by atoms with Gasteiger partial charge in [-0.25, -0.2) is 0 Å². The van der Waals surface area contributed by atoms with Gasteiger partial charge in [0, 0.05) is 28.3 Å². The number of nitrogens with zero attached hydrogens (tertiary/aromatic N) is 1. The van der Waals surface area contributed by atoms with Crippen LogP contribution in [0.1, 0.15) is 43.0 Å². The Hall–Kier alpha value is -2.27. The Labute approximate surface area is 151 Å². The topological polar surface area (TPSA) is 57.6 Å². The highest BCUT2D eigenvalue weighted by atomic mass is 32.2. The molecule has 0 saturated carbocycles. The Morgan fingerprint density at radius 3 is 2.52 bits per heavy atom. The molecular formula is C20H21NO3S. The molecule has 2 aromatic carbocycles. The summed E-state index contributed by atoms with van der Waals surface area (Å²) in [4.78, 5) is 27.0. The fraction of sp³-hybridized carbons (Fsp3) is 0.300. The van der Waals surface area contributed by atoms with Crippen molar-refractivity contribution in [3.05, 3.63) is 48.0 Å². The Morgan fingerprint density at radius 1 is 1.00 bits per heavy atom. The standard InChI is InChI=1S/C20H21NO3S/c1-14(22)15-10-11-19-17(13-15)21(12-6-2-3-9-20(23)24)16-7-4-5-8-18(16)25-19/h4-5,7-8,10-11,13H,2-3,6,9,12H2,1H3,(H,23,24). The molecule has 0 radical (unpaired) electrons. The lowest BCUT2D eigenvalue weighted by atomic mass is 10.1. The lowest BCUT2D eigenvalue weighted by Gasteiger charge is -2.33. The number of carbonyl (C=O) groups is 2. The number of rotatable bonds is 7. The number of aliphatic carboxylic acids is 1. The van der Waals surface area contributed by atoms with E-state index >= 15 is 0 Å². The van der Waals surface area contributed by atoms with E-state index in [9.17, 15) is 9.59 Å². The van der Waals surface area contributed by atoms with Crippen molar-refractivity contribution in [1.82, 2.24) is 0 Å². The van der Waals surface area contributed by atoms with Crippen LogP contribution in [0.4, 0.5) is 11.4 Å². The zero-order chi connectivity index (χ0) is 17.8. The number of carboxylic acid groups (broad SMARTS) is 1. The number of hydrogen-bond donors (Lipinski definition) is 1. The summed E-state index contributed by atoms with van der Waals surface area (Å²) in [5, 5.41) is 8.76. The van der Waals surface area contributed by atoms with Crippen molar-refractivity contribution in [2.24, 2.45) is 0 Å². The van der Waals surface area contributed by atoms with Gasteiger partial charge in [0.05, 0.1) is 11.4 Å². The van der Waals surface area contributed by atoms with Crippen LogP contribution in [0.2, 0.25) is 0 Å². The Morgan fingerprint density at radius 2 is 1.76 bits per heavy atom. The molecule has 0 spiro atoms. The largest absolute Gasteiger partial charge is 0.481 e. The van der Waals surface area contributed by atoms with Gasteiger partial charge in [-0.3, -0.25) is 9.59 Å². The molecule has 0 saturated heterocycles. The highest BCUT2D eigenvalue weighted by Crippen LogP contribution is 2.48.